The average Bonchev–Trinajstić information content (AvgIpc) is 2.10. The Morgan fingerprint density at radius 1 is 1.67 bits per heavy atom. The van der Waals surface area contributed by atoms with Crippen molar-refractivity contribution in [3.8, 4) is 0 Å². The second kappa shape index (κ2) is 6.91. The topological polar surface area (TPSA) is 58.6 Å². The van der Waals surface area contributed by atoms with E-state index in [-0.39, 0.29) is 6.54 Å². The molecule has 0 spiro atoms. The Morgan fingerprint density at radius 2 is 2.33 bits per heavy atom. The molecule has 1 unspecified atom stereocenters. The molecule has 1 amide bonds. The average molecular weight is 175 g/mol. The number of hydrogen-bond acceptors (Lipinski definition) is 3. The van der Waals surface area contributed by atoms with Gasteiger partial charge in [-0.15, -0.1) is 0 Å². The minimum Gasteiger partial charge on any atom is -0.453 e. The van der Waals surface area contributed by atoms with Crippen molar-refractivity contribution in [1.29, 1.82) is 0 Å². The van der Waals surface area contributed by atoms with Crippen LogP contribution >= 0.6 is 0 Å². The molecule has 0 aliphatic carbocycles. The molecule has 0 aromatic heterocycles. The second-order valence-electron chi connectivity index (χ2n) is 2.67. The minimum absolute atomic E-state index is 0.271. The molecule has 0 aliphatic rings. The summed E-state index contributed by atoms with van der Waals surface area (Å²) in [5, 5.41) is 11.7. The van der Waals surface area contributed by atoms with Crippen LogP contribution in [-0.2, 0) is 4.74 Å². The Labute approximate surface area is 72.9 Å². The summed E-state index contributed by atoms with van der Waals surface area (Å²) < 4.78 is 4.34. The second-order valence-corrected chi connectivity index (χ2v) is 2.67. The molecule has 0 saturated heterocycles. The third kappa shape index (κ3) is 5.97. The molecular formula is C8H17NO3. The van der Waals surface area contributed by atoms with E-state index in [1.54, 1.807) is 0 Å². The molecule has 12 heavy (non-hydrogen) atoms. The standard InChI is InChI=1S/C8H17NO3/c1-3-4-5-7(10)6-9-8(11)12-2/h7,10H,3-6H2,1-2H3,(H,9,11). The van der Waals surface area contributed by atoms with Crippen molar-refractivity contribution in [2.24, 2.45) is 0 Å². The maximum atomic E-state index is 10.5. The van der Waals surface area contributed by atoms with Crippen LogP contribution < -0.4 is 5.32 Å². The minimum atomic E-state index is -0.495. The van der Waals surface area contributed by atoms with Crippen LogP contribution in [0.4, 0.5) is 4.79 Å². The zero-order valence-electron chi connectivity index (χ0n) is 7.67. The fraction of sp³-hybridized carbons (Fsp3) is 0.875. The highest BCUT2D eigenvalue weighted by molar-refractivity contribution is 5.66. The molecular weight excluding hydrogens is 158 g/mol. The summed E-state index contributed by atoms with van der Waals surface area (Å²) in [5.74, 6) is 0. The Bertz CT molecular complexity index is 127. The lowest BCUT2D eigenvalue weighted by molar-refractivity contribution is 0.140. The molecule has 1 atom stereocenters. The van der Waals surface area contributed by atoms with Crippen molar-refractivity contribution >= 4 is 6.09 Å². The highest BCUT2D eigenvalue weighted by Gasteiger charge is 2.05. The molecule has 72 valence electrons. The van der Waals surface area contributed by atoms with Gasteiger partial charge in [0, 0.05) is 6.54 Å². The molecule has 0 bridgehead atoms. The smallest absolute Gasteiger partial charge is 0.406 e. The Balaban J connectivity index is 3.30. The molecule has 0 aliphatic heterocycles. The van der Waals surface area contributed by atoms with Crippen LogP contribution in [0.5, 0.6) is 0 Å². The first-order valence-corrected chi connectivity index (χ1v) is 4.20. The number of ether oxygens (including phenoxy) is 1. The number of hydrogen-bond donors (Lipinski definition) is 2. The monoisotopic (exact) mass is 175 g/mol. The maximum absolute atomic E-state index is 10.5. The Kier molecular flexibility index (Phi) is 6.47. The number of carbonyl (C=O) groups is 1. The van der Waals surface area contributed by atoms with Gasteiger partial charge in [0.1, 0.15) is 0 Å². The summed E-state index contributed by atoms with van der Waals surface area (Å²) in [5.41, 5.74) is 0. The summed E-state index contributed by atoms with van der Waals surface area (Å²) in [7, 11) is 1.30. The van der Waals surface area contributed by atoms with Crippen LogP contribution in [0.1, 0.15) is 26.2 Å². The number of alkyl carbamates (subject to hydrolysis) is 1. The van der Waals surface area contributed by atoms with E-state index in [4.69, 9.17) is 0 Å². The van der Waals surface area contributed by atoms with Gasteiger partial charge < -0.3 is 15.2 Å². The first-order valence-electron chi connectivity index (χ1n) is 4.20. The summed E-state index contributed by atoms with van der Waals surface area (Å²) in [4.78, 5) is 10.5. The molecule has 0 heterocycles. The van der Waals surface area contributed by atoms with Crippen LogP contribution in [-0.4, -0.2) is 31.0 Å². The van der Waals surface area contributed by atoms with Crippen molar-refractivity contribution < 1.29 is 14.6 Å². The van der Waals surface area contributed by atoms with Gasteiger partial charge >= 0.3 is 6.09 Å². The number of methoxy groups -OCH3 is 1. The zero-order chi connectivity index (χ0) is 9.40. The first-order chi connectivity index (χ1) is 5.70. The van der Waals surface area contributed by atoms with Gasteiger partial charge in [0.15, 0.2) is 0 Å². The van der Waals surface area contributed by atoms with Gasteiger partial charge in [-0.1, -0.05) is 19.8 Å². The van der Waals surface area contributed by atoms with Crippen molar-refractivity contribution in [3.63, 3.8) is 0 Å². The van der Waals surface area contributed by atoms with E-state index in [9.17, 15) is 9.90 Å². The van der Waals surface area contributed by atoms with Crippen LogP contribution in [0.15, 0.2) is 0 Å². The quantitative estimate of drug-likeness (QED) is 0.652. The fourth-order valence-electron chi connectivity index (χ4n) is 0.815. The molecule has 0 aromatic rings. The van der Waals surface area contributed by atoms with Gasteiger partial charge in [0.2, 0.25) is 0 Å². The van der Waals surface area contributed by atoms with E-state index < -0.39 is 12.2 Å². The largest absolute Gasteiger partial charge is 0.453 e. The predicted molar refractivity (Wildman–Crippen MR) is 45.9 cm³/mol. The van der Waals surface area contributed by atoms with Gasteiger partial charge in [-0.2, -0.15) is 0 Å². The number of amides is 1. The van der Waals surface area contributed by atoms with Crippen LogP contribution in [0.3, 0.4) is 0 Å². The Hall–Kier alpha value is -0.770. The molecule has 0 fully saturated rings. The SMILES string of the molecule is CCCCC(O)CNC(=O)OC. The third-order valence-corrected chi connectivity index (χ3v) is 1.56. The van der Waals surface area contributed by atoms with Gasteiger partial charge in [0.05, 0.1) is 13.2 Å². The molecule has 0 radical (unpaired) electrons. The van der Waals surface area contributed by atoms with Crippen LogP contribution in [0, 0.1) is 0 Å². The summed E-state index contributed by atoms with van der Waals surface area (Å²) in [6.07, 6.45) is 1.80. The van der Waals surface area contributed by atoms with E-state index in [0.29, 0.717) is 0 Å². The van der Waals surface area contributed by atoms with E-state index in [2.05, 4.69) is 17.0 Å². The van der Waals surface area contributed by atoms with Crippen molar-refractivity contribution in [2.75, 3.05) is 13.7 Å². The molecule has 0 aromatic carbocycles. The number of carbonyl (C=O) groups excluding carboxylic acids is 1. The zero-order valence-corrected chi connectivity index (χ0v) is 7.67. The van der Waals surface area contributed by atoms with Gasteiger partial charge in [-0.25, -0.2) is 4.79 Å². The van der Waals surface area contributed by atoms with E-state index in [0.717, 1.165) is 19.3 Å². The van der Waals surface area contributed by atoms with Crippen LogP contribution in [0.25, 0.3) is 0 Å². The summed E-state index contributed by atoms with van der Waals surface area (Å²) >= 11 is 0. The first kappa shape index (κ1) is 11.2. The lowest BCUT2D eigenvalue weighted by Crippen LogP contribution is -2.31. The van der Waals surface area contributed by atoms with Gasteiger partial charge in [-0.05, 0) is 6.42 Å². The van der Waals surface area contributed by atoms with Gasteiger partial charge in [0.25, 0.3) is 0 Å². The van der Waals surface area contributed by atoms with E-state index >= 15 is 0 Å². The highest BCUT2D eigenvalue weighted by atomic mass is 16.5. The van der Waals surface area contributed by atoms with E-state index in [1.807, 2.05) is 0 Å². The van der Waals surface area contributed by atoms with Crippen LogP contribution in [0.2, 0.25) is 0 Å². The fourth-order valence-corrected chi connectivity index (χ4v) is 0.815. The number of unbranched alkanes of at least 4 members (excludes halogenated alkanes) is 1. The highest BCUT2D eigenvalue weighted by Crippen LogP contribution is 1.98. The maximum Gasteiger partial charge on any atom is 0.406 e. The Morgan fingerprint density at radius 3 is 2.83 bits per heavy atom. The number of aliphatic hydroxyl groups excluding tert-OH is 1. The lowest BCUT2D eigenvalue weighted by Gasteiger charge is -2.09. The molecule has 4 nitrogen and oxygen atoms in total. The molecule has 2 N–H and O–H groups in total. The predicted octanol–water partition coefficient (Wildman–Crippen LogP) is 0.894. The van der Waals surface area contributed by atoms with E-state index in [1.165, 1.54) is 7.11 Å². The third-order valence-electron chi connectivity index (χ3n) is 1.56. The molecule has 4 heteroatoms. The lowest BCUT2D eigenvalue weighted by atomic mass is 10.2. The number of aliphatic hydroxyl groups is 1. The summed E-state index contributed by atoms with van der Waals surface area (Å²) in [6.45, 7) is 2.33. The van der Waals surface area contributed by atoms with Crippen molar-refractivity contribution in [3.05, 3.63) is 0 Å². The van der Waals surface area contributed by atoms with Crippen molar-refractivity contribution in [2.45, 2.75) is 32.3 Å². The van der Waals surface area contributed by atoms with Gasteiger partial charge in [-0.3, -0.25) is 0 Å². The van der Waals surface area contributed by atoms with Crippen molar-refractivity contribution in [1.82, 2.24) is 5.32 Å². The summed E-state index contributed by atoms with van der Waals surface area (Å²) in [6, 6.07) is 0. The number of nitrogens with one attached hydrogen (secondary N) is 1. The molecule has 0 saturated carbocycles. The molecule has 0 rings (SSSR count). The normalized spacial score (nSPS) is 12.2. The number of rotatable bonds is 5.